The highest BCUT2D eigenvalue weighted by Crippen LogP contribution is 2.45. The van der Waals surface area contributed by atoms with Crippen molar-refractivity contribution in [2.24, 2.45) is 5.92 Å². The molecule has 2 aliphatic rings. The molecule has 4 heteroatoms. The second-order valence-electron chi connectivity index (χ2n) is 6.97. The van der Waals surface area contributed by atoms with Gasteiger partial charge in [-0.15, -0.1) is 0 Å². The minimum atomic E-state index is -0.324. The fourth-order valence-electron chi connectivity index (χ4n) is 3.48. The van der Waals surface area contributed by atoms with Gasteiger partial charge in [-0.25, -0.2) is 4.79 Å². The Bertz CT molecular complexity index is 964. The molecule has 1 saturated carbocycles. The fourth-order valence-corrected chi connectivity index (χ4v) is 3.48. The Kier molecular flexibility index (Phi) is 4.68. The molecule has 1 heterocycles. The highest BCUT2D eigenvalue weighted by Gasteiger charge is 2.32. The maximum atomic E-state index is 12.3. The largest absolute Gasteiger partial charge is 0.488 e. The van der Waals surface area contributed by atoms with Crippen LogP contribution in [0.3, 0.4) is 0 Å². The van der Waals surface area contributed by atoms with Gasteiger partial charge in [-0.05, 0) is 54.5 Å². The molecule has 4 nitrogen and oxygen atoms in total. The molecule has 2 aromatic rings. The average molecular weight is 359 g/mol. The smallest absolute Gasteiger partial charge is 0.338 e. The predicted octanol–water partition coefficient (Wildman–Crippen LogP) is 4.88. The molecule has 0 atom stereocenters. The van der Waals surface area contributed by atoms with Crippen molar-refractivity contribution in [3.63, 3.8) is 0 Å². The van der Waals surface area contributed by atoms with E-state index in [2.05, 4.69) is 6.07 Å². The predicted molar refractivity (Wildman–Crippen MR) is 102 cm³/mol. The van der Waals surface area contributed by atoms with Crippen LogP contribution in [0.5, 0.6) is 5.75 Å². The van der Waals surface area contributed by atoms with Gasteiger partial charge >= 0.3 is 5.97 Å². The van der Waals surface area contributed by atoms with E-state index < -0.39 is 0 Å². The third-order valence-corrected chi connectivity index (χ3v) is 4.96. The first kappa shape index (κ1) is 17.4. The van der Waals surface area contributed by atoms with Crippen LogP contribution in [0.15, 0.2) is 48.0 Å². The lowest BCUT2D eigenvalue weighted by Crippen LogP contribution is -2.08. The number of fused-ring (bicyclic) bond motifs is 2. The molecule has 136 valence electrons. The quantitative estimate of drug-likeness (QED) is 0.576. The van der Waals surface area contributed by atoms with E-state index in [0.29, 0.717) is 24.7 Å². The van der Waals surface area contributed by atoms with E-state index in [9.17, 15) is 10.1 Å². The SMILES string of the molecule is CCCOC(=O)c1ccc2c(c1)COc1ccccc1/C2=C(\C#N)C1CC1. The number of ether oxygens (including phenoxy) is 2. The summed E-state index contributed by atoms with van der Waals surface area (Å²) in [6.07, 6.45) is 2.88. The summed E-state index contributed by atoms with van der Waals surface area (Å²) in [5, 5.41) is 9.85. The average Bonchev–Trinajstić information content (AvgIpc) is 3.54. The van der Waals surface area contributed by atoms with Gasteiger partial charge in [0.2, 0.25) is 0 Å². The van der Waals surface area contributed by atoms with E-state index in [4.69, 9.17) is 9.47 Å². The number of hydrogen-bond donors (Lipinski definition) is 0. The molecule has 0 N–H and O–H groups in total. The topological polar surface area (TPSA) is 59.3 Å². The second kappa shape index (κ2) is 7.28. The van der Waals surface area contributed by atoms with Crippen LogP contribution < -0.4 is 4.74 Å². The van der Waals surface area contributed by atoms with Crippen molar-refractivity contribution in [1.82, 2.24) is 0 Å². The first-order chi connectivity index (χ1) is 13.2. The lowest BCUT2D eigenvalue weighted by Gasteiger charge is -2.13. The van der Waals surface area contributed by atoms with E-state index in [-0.39, 0.29) is 5.97 Å². The highest BCUT2D eigenvalue weighted by molar-refractivity contribution is 5.93. The van der Waals surface area contributed by atoms with E-state index in [1.54, 1.807) is 6.07 Å². The molecule has 0 saturated heterocycles. The Balaban J connectivity index is 1.85. The number of carbonyl (C=O) groups excluding carboxylic acids is 1. The Morgan fingerprint density at radius 2 is 2.04 bits per heavy atom. The normalized spacial score (nSPS) is 16.9. The Morgan fingerprint density at radius 3 is 2.78 bits per heavy atom. The van der Waals surface area contributed by atoms with Crippen molar-refractivity contribution in [3.8, 4) is 11.8 Å². The fraction of sp³-hybridized carbons (Fsp3) is 0.304. The van der Waals surface area contributed by atoms with Gasteiger partial charge < -0.3 is 9.47 Å². The van der Waals surface area contributed by atoms with Crippen LogP contribution in [-0.2, 0) is 11.3 Å². The van der Waals surface area contributed by atoms with Crippen LogP contribution in [-0.4, -0.2) is 12.6 Å². The molecule has 0 amide bonds. The van der Waals surface area contributed by atoms with Crippen molar-refractivity contribution >= 4 is 11.5 Å². The maximum Gasteiger partial charge on any atom is 0.338 e. The summed E-state index contributed by atoms with van der Waals surface area (Å²) in [6, 6.07) is 15.8. The third kappa shape index (κ3) is 3.33. The van der Waals surface area contributed by atoms with E-state index >= 15 is 0 Å². The Morgan fingerprint density at radius 1 is 1.22 bits per heavy atom. The first-order valence-corrected chi connectivity index (χ1v) is 9.39. The van der Waals surface area contributed by atoms with Crippen LogP contribution in [0.1, 0.15) is 53.2 Å². The summed E-state index contributed by atoms with van der Waals surface area (Å²) in [4.78, 5) is 12.3. The van der Waals surface area contributed by atoms with Crippen molar-refractivity contribution in [3.05, 3.63) is 70.3 Å². The number of benzene rings is 2. The maximum absolute atomic E-state index is 12.3. The minimum absolute atomic E-state index is 0.318. The highest BCUT2D eigenvalue weighted by atomic mass is 16.5. The second-order valence-corrected chi connectivity index (χ2v) is 6.97. The van der Waals surface area contributed by atoms with E-state index in [1.165, 1.54) is 0 Å². The standard InChI is InChI=1S/C23H21NO3/c1-2-11-26-23(25)16-9-10-18-17(12-16)14-27-21-6-4-3-5-19(21)22(18)20(13-24)15-7-8-15/h3-6,9-10,12,15H,2,7-8,11,14H2,1H3/b22-20+. The number of allylic oxidation sites excluding steroid dienone is 1. The molecule has 4 rings (SSSR count). The monoisotopic (exact) mass is 359 g/mol. The lowest BCUT2D eigenvalue weighted by molar-refractivity contribution is 0.0505. The van der Waals surface area contributed by atoms with Crippen LogP contribution in [0, 0.1) is 17.2 Å². The van der Waals surface area contributed by atoms with E-state index in [1.807, 2.05) is 43.3 Å². The molecular formula is C23H21NO3. The van der Waals surface area contributed by atoms with Crippen molar-refractivity contribution < 1.29 is 14.3 Å². The molecule has 27 heavy (non-hydrogen) atoms. The van der Waals surface area contributed by atoms with Gasteiger partial charge in [0.25, 0.3) is 0 Å². The van der Waals surface area contributed by atoms with Crippen molar-refractivity contribution in [2.75, 3.05) is 6.61 Å². The van der Waals surface area contributed by atoms with Gasteiger partial charge in [-0.2, -0.15) is 5.26 Å². The molecule has 0 radical (unpaired) electrons. The zero-order valence-corrected chi connectivity index (χ0v) is 15.3. The molecule has 0 aromatic heterocycles. The number of esters is 1. The first-order valence-electron chi connectivity index (χ1n) is 9.39. The lowest BCUT2D eigenvalue weighted by atomic mass is 9.88. The van der Waals surface area contributed by atoms with Gasteiger partial charge in [0.1, 0.15) is 12.4 Å². The van der Waals surface area contributed by atoms with Gasteiger partial charge in [-0.3, -0.25) is 0 Å². The van der Waals surface area contributed by atoms with Crippen LogP contribution in [0.2, 0.25) is 0 Å². The molecule has 0 unspecified atom stereocenters. The molecule has 2 aromatic carbocycles. The minimum Gasteiger partial charge on any atom is -0.488 e. The Labute approximate surface area is 159 Å². The van der Waals surface area contributed by atoms with Crippen molar-refractivity contribution in [2.45, 2.75) is 32.8 Å². The van der Waals surface area contributed by atoms with Crippen LogP contribution in [0.25, 0.3) is 5.57 Å². The van der Waals surface area contributed by atoms with Gasteiger partial charge in [0, 0.05) is 16.7 Å². The summed E-state index contributed by atoms with van der Waals surface area (Å²) in [7, 11) is 0. The molecule has 1 aliphatic carbocycles. The van der Waals surface area contributed by atoms with Gasteiger partial charge in [0.05, 0.1) is 18.2 Å². The summed E-state index contributed by atoms with van der Waals surface area (Å²) in [6.45, 7) is 2.73. The zero-order valence-electron chi connectivity index (χ0n) is 15.3. The van der Waals surface area contributed by atoms with Crippen LogP contribution in [0.4, 0.5) is 0 Å². The number of hydrogen-bond acceptors (Lipinski definition) is 4. The number of nitrogens with zero attached hydrogens (tertiary/aromatic N) is 1. The summed E-state index contributed by atoms with van der Waals surface area (Å²) in [5.74, 6) is 0.764. The number of para-hydroxylation sites is 1. The molecular weight excluding hydrogens is 338 g/mol. The summed E-state index contributed by atoms with van der Waals surface area (Å²) < 4.78 is 11.3. The summed E-state index contributed by atoms with van der Waals surface area (Å²) >= 11 is 0. The van der Waals surface area contributed by atoms with Gasteiger partial charge in [-0.1, -0.05) is 31.2 Å². The third-order valence-electron chi connectivity index (χ3n) is 4.96. The summed E-state index contributed by atoms with van der Waals surface area (Å²) in [5.41, 5.74) is 5.09. The molecule has 0 bridgehead atoms. The zero-order chi connectivity index (χ0) is 18.8. The number of nitriles is 1. The molecule has 1 aliphatic heterocycles. The van der Waals surface area contributed by atoms with E-state index in [0.717, 1.165) is 52.8 Å². The molecule has 1 fully saturated rings. The number of carbonyl (C=O) groups is 1. The van der Waals surface area contributed by atoms with Gasteiger partial charge in [0.15, 0.2) is 0 Å². The van der Waals surface area contributed by atoms with Crippen molar-refractivity contribution in [1.29, 1.82) is 5.26 Å². The number of rotatable bonds is 4. The Hall–Kier alpha value is -3.06. The molecule has 0 spiro atoms. The van der Waals surface area contributed by atoms with Crippen LogP contribution >= 0.6 is 0 Å².